The first-order valence-corrected chi connectivity index (χ1v) is 5.87. The molecule has 0 nitrogen and oxygen atoms in total. The van der Waals surface area contributed by atoms with Crippen LogP contribution >= 0.6 is 0 Å². The summed E-state index contributed by atoms with van der Waals surface area (Å²) in [5.41, 5.74) is 0. The average Bonchev–Trinajstić information content (AvgIpc) is 2.08. The Kier molecular flexibility index (Phi) is 4.55. The predicted octanol–water partition coefficient (Wildman–Crippen LogP) is 4.42. The van der Waals surface area contributed by atoms with E-state index in [0.717, 1.165) is 17.8 Å². The van der Waals surface area contributed by atoms with Crippen molar-refractivity contribution in [2.75, 3.05) is 0 Å². The Morgan fingerprint density at radius 3 is 2.77 bits per heavy atom. The molecule has 0 bridgehead atoms. The number of rotatable bonds is 4. The number of allylic oxidation sites excluding steroid dienone is 2. The molecule has 0 aliphatic heterocycles. The summed E-state index contributed by atoms with van der Waals surface area (Å²) in [7, 11) is 0. The Morgan fingerprint density at radius 1 is 1.38 bits per heavy atom. The Labute approximate surface area is 83.4 Å². The Morgan fingerprint density at radius 2 is 2.15 bits per heavy atom. The monoisotopic (exact) mass is 180 g/mol. The van der Waals surface area contributed by atoms with Crippen molar-refractivity contribution in [3.05, 3.63) is 12.2 Å². The van der Waals surface area contributed by atoms with Gasteiger partial charge in [0.1, 0.15) is 0 Å². The fourth-order valence-corrected chi connectivity index (χ4v) is 2.24. The average molecular weight is 180 g/mol. The first-order chi connectivity index (χ1) is 6.20. The first-order valence-electron chi connectivity index (χ1n) is 5.87. The molecule has 76 valence electrons. The molecule has 0 amide bonds. The molecule has 0 heteroatoms. The molecule has 1 aliphatic carbocycles. The maximum atomic E-state index is 2.41. The molecule has 0 heterocycles. The second-order valence-electron chi connectivity index (χ2n) is 4.95. The zero-order valence-electron chi connectivity index (χ0n) is 9.42. The lowest BCUT2D eigenvalue weighted by Gasteiger charge is -2.24. The highest BCUT2D eigenvalue weighted by molar-refractivity contribution is 4.94. The molecule has 1 rings (SSSR count). The van der Waals surface area contributed by atoms with Crippen LogP contribution in [0.25, 0.3) is 0 Å². The molecule has 1 aliphatic rings. The van der Waals surface area contributed by atoms with Gasteiger partial charge in [0.2, 0.25) is 0 Å². The summed E-state index contributed by atoms with van der Waals surface area (Å²) >= 11 is 0. The normalized spacial score (nSPS) is 28.3. The second kappa shape index (κ2) is 5.47. The Bertz CT molecular complexity index is 155. The minimum atomic E-state index is 0.834. The third-order valence-electron chi connectivity index (χ3n) is 3.24. The van der Waals surface area contributed by atoms with Crippen molar-refractivity contribution in [2.24, 2.45) is 17.8 Å². The predicted molar refractivity (Wildman–Crippen MR) is 59.7 cm³/mol. The van der Waals surface area contributed by atoms with Gasteiger partial charge in [-0.2, -0.15) is 0 Å². The van der Waals surface area contributed by atoms with Gasteiger partial charge in [-0.3, -0.25) is 0 Å². The molecule has 0 N–H and O–H groups in total. The van der Waals surface area contributed by atoms with Gasteiger partial charge in [0, 0.05) is 0 Å². The third kappa shape index (κ3) is 3.97. The summed E-state index contributed by atoms with van der Waals surface area (Å²) in [5.74, 6) is 2.69. The summed E-state index contributed by atoms with van der Waals surface area (Å²) in [4.78, 5) is 0. The van der Waals surface area contributed by atoms with E-state index < -0.39 is 0 Å². The van der Waals surface area contributed by atoms with Crippen molar-refractivity contribution in [1.82, 2.24) is 0 Å². The largest absolute Gasteiger partial charge is 0.0882 e. The Hall–Kier alpha value is -0.260. The van der Waals surface area contributed by atoms with E-state index in [2.05, 4.69) is 32.9 Å². The molecule has 2 atom stereocenters. The summed E-state index contributed by atoms with van der Waals surface area (Å²) < 4.78 is 0. The van der Waals surface area contributed by atoms with Crippen LogP contribution in [0.1, 0.15) is 52.9 Å². The highest BCUT2D eigenvalue weighted by Gasteiger charge is 2.16. The smallest absolute Gasteiger partial charge is 0.0233 e. The lowest BCUT2D eigenvalue weighted by Crippen LogP contribution is -2.12. The minimum Gasteiger partial charge on any atom is -0.0882 e. The molecule has 13 heavy (non-hydrogen) atoms. The van der Waals surface area contributed by atoms with Gasteiger partial charge in [-0.25, -0.2) is 0 Å². The van der Waals surface area contributed by atoms with Crippen LogP contribution in [0.4, 0.5) is 0 Å². The maximum Gasteiger partial charge on any atom is -0.0233 e. The summed E-state index contributed by atoms with van der Waals surface area (Å²) in [6.45, 7) is 7.02. The number of hydrogen-bond donors (Lipinski definition) is 0. The fraction of sp³-hybridized carbons (Fsp3) is 0.846. The van der Waals surface area contributed by atoms with E-state index in [1.54, 1.807) is 0 Å². The van der Waals surface area contributed by atoms with Gasteiger partial charge >= 0.3 is 0 Å². The standard InChI is InChI=1S/C13H24/c1-11(2)7-6-10-13-9-5-4-8-12(13)3/h4,8,11-13H,5-7,9-10H2,1-3H3. The molecule has 0 radical (unpaired) electrons. The van der Waals surface area contributed by atoms with Crippen molar-refractivity contribution in [3.63, 3.8) is 0 Å². The Balaban J connectivity index is 2.17. The highest BCUT2D eigenvalue weighted by atomic mass is 14.2. The van der Waals surface area contributed by atoms with Gasteiger partial charge in [-0.15, -0.1) is 0 Å². The minimum absolute atomic E-state index is 0.834. The van der Waals surface area contributed by atoms with E-state index in [0.29, 0.717) is 0 Å². The maximum absolute atomic E-state index is 2.41. The van der Waals surface area contributed by atoms with Gasteiger partial charge in [-0.05, 0) is 37.0 Å². The van der Waals surface area contributed by atoms with Crippen molar-refractivity contribution in [1.29, 1.82) is 0 Å². The number of hydrogen-bond acceptors (Lipinski definition) is 0. The summed E-state index contributed by atoms with van der Waals surface area (Å²) in [5, 5.41) is 0. The first kappa shape index (κ1) is 10.8. The van der Waals surface area contributed by atoms with Crippen LogP contribution in [-0.4, -0.2) is 0 Å². The van der Waals surface area contributed by atoms with Gasteiger partial charge in [0.15, 0.2) is 0 Å². The van der Waals surface area contributed by atoms with Crippen LogP contribution in [-0.2, 0) is 0 Å². The van der Waals surface area contributed by atoms with E-state index in [1.165, 1.54) is 32.1 Å². The molecule has 0 aromatic heterocycles. The lowest BCUT2D eigenvalue weighted by atomic mass is 9.81. The lowest BCUT2D eigenvalue weighted by molar-refractivity contribution is 0.333. The zero-order valence-corrected chi connectivity index (χ0v) is 9.42. The van der Waals surface area contributed by atoms with E-state index in [1.807, 2.05) is 0 Å². The van der Waals surface area contributed by atoms with Gasteiger partial charge in [0.05, 0.1) is 0 Å². The molecule has 0 aromatic carbocycles. The van der Waals surface area contributed by atoms with Crippen molar-refractivity contribution < 1.29 is 0 Å². The molecule has 0 spiro atoms. The second-order valence-corrected chi connectivity index (χ2v) is 4.95. The SMILES string of the molecule is CC(C)CCCC1CCC=CC1C. The molecule has 0 fully saturated rings. The van der Waals surface area contributed by atoms with E-state index >= 15 is 0 Å². The summed E-state index contributed by atoms with van der Waals surface area (Å²) in [6.07, 6.45) is 11.8. The summed E-state index contributed by atoms with van der Waals surface area (Å²) in [6, 6.07) is 0. The van der Waals surface area contributed by atoms with Gasteiger partial charge < -0.3 is 0 Å². The van der Waals surface area contributed by atoms with Crippen molar-refractivity contribution in [3.8, 4) is 0 Å². The van der Waals surface area contributed by atoms with Crippen LogP contribution < -0.4 is 0 Å². The zero-order chi connectivity index (χ0) is 9.68. The van der Waals surface area contributed by atoms with Crippen LogP contribution in [0, 0.1) is 17.8 Å². The molecule has 2 unspecified atom stereocenters. The van der Waals surface area contributed by atoms with Crippen molar-refractivity contribution in [2.45, 2.75) is 52.9 Å². The quantitative estimate of drug-likeness (QED) is 0.562. The third-order valence-corrected chi connectivity index (χ3v) is 3.24. The van der Waals surface area contributed by atoms with Crippen LogP contribution in [0.5, 0.6) is 0 Å². The van der Waals surface area contributed by atoms with Crippen LogP contribution in [0.2, 0.25) is 0 Å². The van der Waals surface area contributed by atoms with E-state index in [4.69, 9.17) is 0 Å². The topological polar surface area (TPSA) is 0 Å². The van der Waals surface area contributed by atoms with E-state index in [9.17, 15) is 0 Å². The molecular weight excluding hydrogens is 156 g/mol. The molecule has 0 aromatic rings. The van der Waals surface area contributed by atoms with Crippen LogP contribution in [0.3, 0.4) is 0 Å². The molecule has 0 saturated heterocycles. The van der Waals surface area contributed by atoms with Gasteiger partial charge in [0.25, 0.3) is 0 Å². The fourth-order valence-electron chi connectivity index (χ4n) is 2.24. The van der Waals surface area contributed by atoms with Crippen molar-refractivity contribution >= 4 is 0 Å². The van der Waals surface area contributed by atoms with Gasteiger partial charge in [-0.1, -0.05) is 45.8 Å². The molecule has 0 saturated carbocycles. The van der Waals surface area contributed by atoms with Crippen LogP contribution in [0.15, 0.2) is 12.2 Å². The van der Waals surface area contributed by atoms with E-state index in [-0.39, 0.29) is 0 Å². The molecular formula is C13H24. The highest BCUT2D eigenvalue weighted by Crippen LogP contribution is 2.29.